The number of rotatable bonds is 6. The van der Waals surface area contributed by atoms with Gasteiger partial charge >= 0.3 is 0 Å². The van der Waals surface area contributed by atoms with E-state index in [2.05, 4.69) is 15.5 Å². The van der Waals surface area contributed by atoms with Crippen LogP contribution in [0.25, 0.3) is 0 Å². The summed E-state index contributed by atoms with van der Waals surface area (Å²) in [5.41, 5.74) is 3.70. The Morgan fingerprint density at radius 1 is 1.19 bits per heavy atom. The van der Waals surface area contributed by atoms with Crippen LogP contribution < -0.4 is 15.0 Å². The maximum absolute atomic E-state index is 12.6. The summed E-state index contributed by atoms with van der Waals surface area (Å²) in [6, 6.07) is 12.9. The van der Waals surface area contributed by atoms with Crippen LogP contribution in [0.5, 0.6) is 5.75 Å². The molecule has 1 N–H and O–H groups in total. The summed E-state index contributed by atoms with van der Waals surface area (Å²) in [6.07, 6.45) is 0. The number of anilines is 2. The van der Waals surface area contributed by atoms with Crippen molar-refractivity contribution >= 4 is 35.0 Å². The standard InChI is InChI=1S/C23H25N5O3S/c1-14-8-7-9-17(15(14)2)24-20(29)13-32-23-26-25-22(27(23)4)16(3)28-18-10-5-6-11-19(18)31-12-21(28)30/h5-11,16H,12-13H2,1-4H3,(H,24,29)/t16-/m1/s1. The van der Waals surface area contributed by atoms with Crippen LogP contribution in [0.15, 0.2) is 47.6 Å². The molecule has 0 spiro atoms. The number of benzene rings is 2. The molecule has 8 nitrogen and oxygen atoms in total. The average molecular weight is 452 g/mol. The fourth-order valence-corrected chi connectivity index (χ4v) is 4.40. The Morgan fingerprint density at radius 2 is 1.97 bits per heavy atom. The number of amides is 2. The van der Waals surface area contributed by atoms with E-state index in [0.29, 0.717) is 22.4 Å². The smallest absolute Gasteiger partial charge is 0.265 e. The predicted octanol–water partition coefficient (Wildman–Crippen LogP) is 3.65. The van der Waals surface area contributed by atoms with Crippen molar-refractivity contribution < 1.29 is 14.3 Å². The largest absolute Gasteiger partial charge is 0.482 e. The second-order valence-electron chi connectivity index (χ2n) is 7.68. The van der Waals surface area contributed by atoms with Gasteiger partial charge in [-0.2, -0.15) is 0 Å². The summed E-state index contributed by atoms with van der Waals surface area (Å²) in [5.74, 6) is 1.25. The second-order valence-corrected chi connectivity index (χ2v) is 8.62. The number of fused-ring (bicyclic) bond motifs is 1. The highest BCUT2D eigenvalue weighted by Crippen LogP contribution is 2.37. The number of para-hydroxylation sites is 2. The van der Waals surface area contributed by atoms with Crippen LogP contribution in [0, 0.1) is 13.8 Å². The lowest BCUT2D eigenvalue weighted by Crippen LogP contribution is -2.41. The first-order chi connectivity index (χ1) is 15.4. The van der Waals surface area contributed by atoms with Gasteiger partial charge in [0.25, 0.3) is 5.91 Å². The molecule has 166 valence electrons. The second kappa shape index (κ2) is 9.04. The van der Waals surface area contributed by atoms with Crippen LogP contribution in [0.3, 0.4) is 0 Å². The van der Waals surface area contributed by atoms with Crippen molar-refractivity contribution in [1.82, 2.24) is 14.8 Å². The lowest BCUT2D eigenvalue weighted by molar-refractivity contribution is -0.121. The minimum absolute atomic E-state index is 0.0145. The molecule has 0 saturated heterocycles. The zero-order valence-electron chi connectivity index (χ0n) is 18.5. The van der Waals surface area contributed by atoms with E-state index in [4.69, 9.17) is 4.74 Å². The van der Waals surface area contributed by atoms with Crippen LogP contribution >= 0.6 is 11.8 Å². The van der Waals surface area contributed by atoms with Crippen molar-refractivity contribution in [3.63, 3.8) is 0 Å². The fourth-order valence-electron chi connectivity index (χ4n) is 3.68. The number of ether oxygens (including phenoxy) is 1. The third-order valence-electron chi connectivity index (χ3n) is 5.59. The van der Waals surface area contributed by atoms with Crippen molar-refractivity contribution in [2.24, 2.45) is 7.05 Å². The number of hydrogen-bond donors (Lipinski definition) is 1. The van der Waals surface area contributed by atoms with Gasteiger partial charge in [0.2, 0.25) is 5.91 Å². The summed E-state index contributed by atoms with van der Waals surface area (Å²) < 4.78 is 7.36. The van der Waals surface area contributed by atoms with E-state index in [9.17, 15) is 9.59 Å². The summed E-state index contributed by atoms with van der Waals surface area (Å²) in [5, 5.41) is 12.1. The third-order valence-corrected chi connectivity index (χ3v) is 6.61. The molecule has 9 heteroatoms. The molecule has 4 rings (SSSR count). The molecule has 2 amide bonds. The van der Waals surface area contributed by atoms with Gasteiger partial charge < -0.3 is 14.6 Å². The maximum atomic E-state index is 12.6. The van der Waals surface area contributed by atoms with Gasteiger partial charge in [0.15, 0.2) is 17.6 Å². The molecule has 1 aliphatic rings. The minimum Gasteiger partial charge on any atom is -0.482 e. The number of thioether (sulfide) groups is 1. The first kappa shape index (κ1) is 21.9. The van der Waals surface area contributed by atoms with Gasteiger partial charge in [0, 0.05) is 12.7 Å². The maximum Gasteiger partial charge on any atom is 0.265 e. The number of hydrogen-bond acceptors (Lipinski definition) is 6. The van der Waals surface area contributed by atoms with E-state index in [-0.39, 0.29) is 30.2 Å². The molecule has 2 heterocycles. The van der Waals surface area contributed by atoms with Crippen molar-refractivity contribution in [2.45, 2.75) is 32.0 Å². The van der Waals surface area contributed by atoms with Gasteiger partial charge in [-0.3, -0.25) is 14.5 Å². The highest BCUT2D eigenvalue weighted by Gasteiger charge is 2.32. The lowest BCUT2D eigenvalue weighted by Gasteiger charge is -2.33. The number of nitrogens with one attached hydrogen (secondary N) is 1. The Bertz CT molecular complexity index is 1180. The Labute approximate surface area is 191 Å². The minimum atomic E-state index is -0.344. The van der Waals surface area contributed by atoms with E-state index < -0.39 is 0 Å². The molecule has 0 saturated carbocycles. The first-order valence-corrected chi connectivity index (χ1v) is 11.3. The van der Waals surface area contributed by atoms with Crippen molar-refractivity contribution in [1.29, 1.82) is 0 Å². The molecule has 1 aliphatic heterocycles. The fraction of sp³-hybridized carbons (Fsp3) is 0.304. The summed E-state index contributed by atoms with van der Waals surface area (Å²) in [4.78, 5) is 26.8. The SMILES string of the molecule is Cc1cccc(NC(=O)CSc2nnc([C@@H](C)N3C(=O)COc4ccccc43)n2C)c1C. The zero-order chi connectivity index (χ0) is 22.8. The van der Waals surface area contributed by atoms with Gasteiger partial charge in [-0.25, -0.2) is 0 Å². The molecular formula is C23H25N5O3S. The van der Waals surface area contributed by atoms with Crippen molar-refractivity contribution in [3.05, 3.63) is 59.4 Å². The molecular weight excluding hydrogens is 426 g/mol. The Kier molecular flexibility index (Phi) is 6.18. The first-order valence-electron chi connectivity index (χ1n) is 10.3. The van der Waals surface area contributed by atoms with Gasteiger partial charge in [-0.1, -0.05) is 36.0 Å². The lowest BCUT2D eigenvalue weighted by atomic mass is 10.1. The van der Waals surface area contributed by atoms with E-state index in [1.165, 1.54) is 11.8 Å². The quantitative estimate of drug-likeness (QED) is 0.576. The van der Waals surface area contributed by atoms with Crippen LogP contribution in [0.1, 0.15) is 29.9 Å². The van der Waals surface area contributed by atoms with E-state index in [1.54, 1.807) is 4.90 Å². The number of aryl methyl sites for hydroxylation is 1. The van der Waals surface area contributed by atoms with Gasteiger partial charge in [-0.15, -0.1) is 10.2 Å². The summed E-state index contributed by atoms with van der Waals surface area (Å²) in [6.45, 7) is 5.89. The molecule has 1 atom stereocenters. The van der Waals surface area contributed by atoms with Crippen molar-refractivity contribution in [2.75, 3.05) is 22.6 Å². The topological polar surface area (TPSA) is 89.3 Å². The van der Waals surface area contributed by atoms with Gasteiger partial charge in [0.1, 0.15) is 5.75 Å². The molecule has 32 heavy (non-hydrogen) atoms. The number of nitrogens with zero attached hydrogens (tertiary/aromatic N) is 4. The Hall–Kier alpha value is -3.33. The Balaban J connectivity index is 1.46. The predicted molar refractivity (Wildman–Crippen MR) is 124 cm³/mol. The van der Waals surface area contributed by atoms with E-state index in [0.717, 1.165) is 16.8 Å². The molecule has 0 bridgehead atoms. The molecule has 0 unspecified atom stereocenters. The van der Waals surface area contributed by atoms with Crippen LogP contribution in [-0.2, 0) is 16.6 Å². The van der Waals surface area contributed by atoms with Gasteiger partial charge in [0.05, 0.1) is 17.5 Å². The molecule has 2 aromatic carbocycles. The molecule has 0 aliphatic carbocycles. The van der Waals surface area contributed by atoms with E-state index >= 15 is 0 Å². The van der Waals surface area contributed by atoms with Crippen LogP contribution in [0.2, 0.25) is 0 Å². The Morgan fingerprint density at radius 3 is 2.78 bits per heavy atom. The van der Waals surface area contributed by atoms with E-state index in [1.807, 2.05) is 74.9 Å². The summed E-state index contributed by atoms with van der Waals surface area (Å²) >= 11 is 1.30. The molecule has 1 aromatic heterocycles. The third kappa shape index (κ3) is 4.20. The number of aromatic nitrogens is 3. The highest BCUT2D eigenvalue weighted by molar-refractivity contribution is 7.99. The van der Waals surface area contributed by atoms with Crippen LogP contribution in [-0.4, -0.2) is 38.9 Å². The van der Waals surface area contributed by atoms with Crippen molar-refractivity contribution in [3.8, 4) is 5.75 Å². The van der Waals surface area contributed by atoms with Gasteiger partial charge in [-0.05, 0) is 50.1 Å². The zero-order valence-corrected chi connectivity index (χ0v) is 19.3. The normalized spacial score (nSPS) is 14.0. The highest BCUT2D eigenvalue weighted by atomic mass is 32.2. The number of carbonyl (C=O) groups excluding carboxylic acids is 2. The average Bonchev–Trinajstić information content (AvgIpc) is 3.15. The molecule has 3 aromatic rings. The van der Waals surface area contributed by atoms with Crippen LogP contribution in [0.4, 0.5) is 11.4 Å². The monoisotopic (exact) mass is 451 g/mol. The summed E-state index contributed by atoms with van der Waals surface area (Å²) in [7, 11) is 1.84. The molecule has 0 radical (unpaired) electrons. The number of carbonyl (C=O) groups is 2. The molecule has 0 fully saturated rings.